The number of rotatable bonds is 6. The van der Waals surface area contributed by atoms with Gasteiger partial charge in [-0.3, -0.25) is 0 Å². The van der Waals surface area contributed by atoms with Crippen molar-refractivity contribution in [2.75, 3.05) is 18.2 Å². The summed E-state index contributed by atoms with van der Waals surface area (Å²) in [7, 11) is 0. The van der Waals surface area contributed by atoms with Crippen LogP contribution in [0.25, 0.3) is 31.9 Å². The van der Waals surface area contributed by atoms with E-state index in [0.717, 1.165) is 68.5 Å². The molecule has 0 unspecified atom stereocenters. The number of hydrogen-bond donors (Lipinski definition) is 2. The first-order chi connectivity index (χ1) is 14.2. The van der Waals surface area contributed by atoms with Gasteiger partial charge in [0.2, 0.25) is 0 Å². The van der Waals surface area contributed by atoms with Crippen molar-refractivity contribution >= 4 is 49.3 Å². The number of anilines is 1. The number of aromatic nitrogens is 3. The van der Waals surface area contributed by atoms with Gasteiger partial charge in [0.15, 0.2) is 10.9 Å². The van der Waals surface area contributed by atoms with Gasteiger partial charge in [-0.05, 0) is 55.2 Å². The van der Waals surface area contributed by atoms with Crippen molar-refractivity contribution in [3.63, 3.8) is 0 Å². The van der Waals surface area contributed by atoms with E-state index in [1.54, 1.807) is 17.6 Å². The second kappa shape index (κ2) is 7.59. The third-order valence-corrected chi connectivity index (χ3v) is 7.13. The molecular formula is C21H22N4O2S2. The number of nitrogens with zero attached hydrogens (tertiary/aromatic N) is 3. The Bertz CT molecular complexity index is 1180. The maximum atomic E-state index is 9.66. The summed E-state index contributed by atoms with van der Waals surface area (Å²) in [6.45, 7) is 2.12. The van der Waals surface area contributed by atoms with Crippen LogP contribution in [0.1, 0.15) is 30.9 Å². The van der Waals surface area contributed by atoms with Crippen LogP contribution in [0.2, 0.25) is 0 Å². The lowest BCUT2D eigenvalue weighted by atomic mass is 10.0. The Hall–Kier alpha value is -2.16. The highest BCUT2D eigenvalue weighted by molar-refractivity contribution is 7.98. The molecule has 4 aromatic rings. The van der Waals surface area contributed by atoms with Crippen molar-refractivity contribution in [2.45, 2.75) is 43.8 Å². The quantitative estimate of drug-likeness (QED) is 0.335. The number of hydrogen-bond acceptors (Lipinski definition) is 8. The van der Waals surface area contributed by atoms with E-state index in [-0.39, 0.29) is 12.6 Å². The third-order valence-electron chi connectivity index (χ3n) is 5.50. The molecule has 0 spiro atoms. The van der Waals surface area contributed by atoms with Gasteiger partial charge in [-0.1, -0.05) is 18.7 Å². The monoisotopic (exact) mass is 426 g/mol. The highest BCUT2D eigenvalue weighted by atomic mass is 32.2. The van der Waals surface area contributed by atoms with Crippen LogP contribution < -0.4 is 5.32 Å². The number of pyridine rings is 1. The van der Waals surface area contributed by atoms with Gasteiger partial charge in [-0.25, -0.2) is 15.0 Å². The molecule has 4 aromatic heterocycles. The first-order valence-electron chi connectivity index (χ1n) is 9.84. The number of aliphatic hydroxyl groups excluding tert-OH is 1. The van der Waals surface area contributed by atoms with Crippen LogP contribution >= 0.6 is 23.1 Å². The summed E-state index contributed by atoms with van der Waals surface area (Å²) in [5, 5.41) is 15.0. The van der Waals surface area contributed by atoms with Crippen LogP contribution in [-0.2, 0) is 12.8 Å². The van der Waals surface area contributed by atoms with Gasteiger partial charge >= 0.3 is 0 Å². The number of aryl methyl sites for hydroxylation is 1. The van der Waals surface area contributed by atoms with Gasteiger partial charge in [0.1, 0.15) is 16.3 Å². The fourth-order valence-electron chi connectivity index (χ4n) is 4.02. The fraction of sp³-hybridized carbons (Fsp3) is 0.381. The largest absolute Gasteiger partial charge is 0.463 e. The molecule has 29 heavy (non-hydrogen) atoms. The highest BCUT2D eigenvalue weighted by Crippen LogP contribution is 2.44. The lowest BCUT2D eigenvalue weighted by Gasteiger charge is -2.15. The van der Waals surface area contributed by atoms with Gasteiger partial charge in [-0.15, -0.1) is 11.3 Å². The van der Waals surface area contributed by atoms with Crippen molar-refractivity contribution in [1.29, 1.82) is 0 Å². The molecule has 2 N–H and O–H groups in total. The van der Waals surface area contributed by atoms with Crippen molar-refractivity contribution in [3.8, 4) is 11.5 Å². The maximum Gasteiger partial charge on any atom is 0.189 e. The summed E-state index contributed by atoms with van der Waals surface area (Å²) in [5.41, 5.74) is 4.55. The molecule has 0 amide bonds. The van der Waals surface area contributed by atoms with Crippen molar-refractivity contribution < 1.29 is 9.52 Å². The number of thiophene rings is 1. The van der Waals surface area contributed by atoms with E-state index in [0.29, 0.717) is 0 Å². The maximum absolute atomic E-state index is 9.66. The Morgan fingerprint density at radius 2 is 2.14 bits per heavy atom. The van der Waals surface area contributed by atoms with Crippen LogP contribution in [0.15, 0.2) is 28.0 Å². The molecule has 0 bridgehead atoms. The van der Waals surface area contributed by atoms with E-state index in [4.69, 9.17) is 19.4 Å². The Labute approximate surface area is 176 Å². The second-order valence-corrected chi connectivity index (χ2v) is 8.97. The molecule has 0 fully saturated rings. The Morgan fingerprint density at radius 3 is 2.86 bits per heavy atom. The number of fused-ring (bicyclic) bond motifs is 5. The minimum absolute atomic E-state index is 0.0367. The highest BCUT2D eigenvalue weighted by Gasteiger charge is 2.26. The zero-order chi connectivity index (χ0) is 20.0. The number of aliphatic hydroxyl groups is 1. The van der Waals surface area contributed by atoms with E-state index in [1.807, 2.05) is 18.4 Å². The summed E-state index contributed by atoms with van der Waals surface area (Å²) in [6, 6.07) is 3.85. The van der Waals surface area contributed by atoms with Crippen LogP contribution in [0.3, 0.4) is 0 Å². The molecule has 150 valence electrons. The lowest BCUT2D eigenvalue weighted by molar-refractivity contribution is 0.271. The summed E-state index contributed by atoms with van der Waals surface area (Å²) in [4.78, 5) is 15.6. The molecule has 5 rings (SSSR count). The SMILES string of the molecule is CC[C@H](CO)Nc1nc(SC)nc2c1sc1nc(-c3ccco3)c3c(c12)CCC3. The molecule has 0 radical (unpaired) electrons. The van der Waals surface area contributed by atoms with E-state index < -0.39 is 0 Å². The van der Waals surface area contributed by atoms with Crippen molar-refractivity contribution in [3.05, 3.63) is 29.5 Å². The first kappa shape index (κ1) is 18.8. The molecule has 0 saturated carbocycles. The number of nitrogens with one attached hydrogen (secondary N) is 1. The molecule has 0 aromatic carbocycles. The average molecular weight is 427 g/mol. The molecule has 1 aliphatic carbocycles. The normalized spacial score (nSPS) is 14.6. The Morgan fingerprint density at radius 1 is 1.28 bits per heavy atom. The average Bonchev–Trinajstić information content (AvgIpc) is 3.49. The van der Waals surface area contributed by atoms with Crippen LogP contribution in [0.5, 0.6) is 0 Å². The van der Waals surface area contributed by atoms with Crippen LogP contribution in [0.4, 0.5) is 5.82 Å². The molecule has 0 aliphatic heterocycles. The predicted octanol–water partition coefficient (Wildman–Crippen LogP) is 4.89. The van der Waals surface area contributed by atoms with Crippen LogP contribution in [0, 0.1) is 0 Å². The zero-order valence-corrected chi connectivity index (χ0v) is 18.0. The zero-order valence-electron chi connectivity index (χ0n) is 16.4. The summed E-state index contributed by atoms with van der Waals surface area (Å²) >= 11 is 3.15. The van der Waals surface area contributed by atoms with Gasteiger partial charge in [0.25, 0.3) is 0 Å². The molecule has 1 atom stereocenters. The van der Waals surface area contributed by atoms with Gasteiger partial charge < -0.3 is 14.8 Å². The van der Waals surface area contributed by atoms with Gasteiger partial charge in [0, 0.05) is 5.39 Å². The van der Waals surface area contributed by atoms with Gasteiger partial charge in [0.05, 0.1) is 29.1 Å². The minimum Gasteiger partial charge on any atom is -0.463 e. The van der Waals surface area contributed by atoms with E-state index >= 15 is 0 Å². The molecule has 0 saturated heterocycles. The molecule has 8 heteroatoms. The van der Waals surface area contributed by atoms with Crippen LogP contribution in [-0.4, -0.2) is 39.0 Å². The van der Waals surface area contributed by atoms with Crippen molar-refractivity contribution in [2.24, 2.45) is 0 Å². The third kappa shape index (κ3) is 3.10. The predicted molar refractivity (Wildman–Crippen MR) is 119 cm³/mol. The van der Waals surface area contributed by atoms with E-state index in [2.05, 4.69) is 12.2 Å². The molecule has 4 heterocycles. The Balaban J connectivity index is 1.80. The first-order valence-corrected chi connectivity index (χ1v) is 11.9. The molecule has 1 aliphatic rings. The smallest absolute Gasteiger partial charge is 0.189 e. The van der Waals surface area contributed by atoms with E-state index in [1.165, 1.54) is 22.9 Å². The second-order valence-electron chi connectivity index (χ2n) is 7.20. The molecular weight excluding hydrogens is 404 g/mol. The van der Waals surface area contributed by atoms with E-state index in [9.17, 15) is 5.11 Å². The topological polar surface area (TPSA) is 84.1 Å². The standard InChI is InChI=1S/C21H22N4O2S2/c1-3-11(10-26)22-19-18-17(24-21(25-19)28-2)15-12-6-4-7-13(12)16(23-20(15)29-18)14-8-5-9-27-14/h5,8-9,11,26H,3-4,6-7,10H2,1-2H3,(H,22,24,25)/t11-/m1/s1. The number of thioether (sulfide) groups is 1. The summed E-state index contributed by atoms with van der Waals surface area (Å²) in [5.74, 6) is 1.61. The fourth-order valence-corrected chi connectivity index (χ4v) is 5.49. The van der Waals surface area contributed by atoms with Crippen molar-refractivity contribution in [1.82, 2.24) is 15.0 Å². The Kier molecular flexibility index (Phi) is 4.93. The summed E-state index contributed by atoms with van der Waals surface area (Å²) in [6.07, 6.45) is 7.67. The van der Waals surface area contributed by atoms with Gasteiger partial charge in [-0.2, -0.15) is 0 Å². The summed E-state index contributed by atoms with van der Waals surface area (Å²) < 4.78 is 6.68. The number of furan rings is 1. The molecule has 6 nitrogen and oxygen atoms in total. The lowest BCUT2D eigenvalue weighted by Crippen LogP contribution is -2.23. The minimum atomic E-state index is -0.0367.